The Labute approximate surface area is 313 Å². The molecule has 50 heavy (non-hydrogen) atoms. The molecule has 1 aliphatic heterocycles. The molecule has 0 aromatic rings. The van der Waals surface area contributed by atoms with E-state index in [1.807, 2.05) is 13.8 Å². The molecule has 0 saturated carbocycles. The Kier molecular flexibility index (Phi) is 38.3. The fourth-order valence-electron chi connectivity index (χ4n) is 6.97. The van der Waals surface area contributed by atoms with E-state index in [4.69, 9.17) is 9.47 Å². The van der Waals surface area contributed by atoms with Gasteiger partial charge in [0.2, 0.25) is 0 Å². The molecule has 1 rings (SSSR count). The zero-order valence-corrected chi connectivity index (χ0v) is 35.1. The summed E-state index contributed by atoms with van der Waals surface area (Å²) in [5, 5.41) is 9.20. The quantitative estimate of drug-likeness (QED) is 0.0590. The molecule has 0 radical (unpaired) electrons. The van der Waals surface area contributed by atoms with Crippen molar-refractivity contribution in [3.8, 4) is 0 Å². The van der Waals surface area contributed by atoms with Crippen molar-refractivity contribution in [1.29, 1.82) is 0 Å². The van der Waals surface area contributed by atoms with Gasteiger partial charge in [0.15, 0.2) is 0 Å². The van der Waals surface area contributed by atoms with Crippen molar-refractivity contribution in [3.05, 3.63) is 0 Å². The maximum Gasteiger partial charge on any atom is 0.306 e. The van der Waals surface area contributed by atoms with Gasteiger partial charge >= 0.3 is 11.9 Å². The maximum absolute atomic E-state index is 13.6. The summed E-state index contributed by atoms with van der Waals surface area (Å²) >= 11 is 0. The topological polar surface area (TPSA) is 76.1 Å². The predicted molar refractivity (Wildman–Crippen MR) is 216 cm³/mol. The second-order valence-electron chi connectivity index (χ2n) is 15.0. The van der Waals surface area contributed by atoms with Gasteiger partial charge in [0.25, 0.3) is 0 Å². The van der Waals surface area contributed by atoms with Crippen LogP contribution < -0.4 is 0 Å². The zero-order valence-electron chi connectivity index (χ0n) is 35.1. The molecule has 0 amide bonds. The molecule has 1 heterocycles. The van der Waals surface area contributed by atoms with E-state index in [2.05, 4.69) is 46.4 Å². The van der Waals surface area contributed by atoms with Crippen molar-refractivity contribution in [1.82, 2.24) is 4.90 Å². The summed E-state index contributed by atoms with van der Waals surface area (Å²) in [6, 6.07) is 0. The van der Waals surface area contributed by atoms with E-state index in [9.17, 15) is 14.7 Å². The SMILES string of the molecule is CC.CCC.CCCCCCCCC(CCCCCCC)OC(=O)CC1(CC(=O)OCCC(CC)CCCCC)CCN(CCCCO)CC1. The third-order valence-electron chi connectivity index (χ3n) is 10.2. The third-order valence-corrected chi connectivity index (χ3v) is 10.2. The van der Waals surface area contributed by atoms with E-state index in [0.29, 0.717) is 25.4 Å². The minimum absolute atomic E-state index is 0.00782. The van der Waals surface area contributed by atoms with Crippen molar-refractivity contribution in [3.63, 3.8) is 0 Å². The lowest BCUT2D eigenvalue weighted by molar-refractivity contribution is -0.156. The van der Waals surface area contributed by atoms with Crippen LogP contribution in [0.3, 0.4) is 0 Å². The van der Waals surface area contributed by atoms with Gasteiger partial charge < -0.3 is 19.5 Å². The van der Waals surface area contributed by atoms with Crippen LogP contribution in [-0.2, 0) is 19.1 Å². The largest absolute Gasteiger partial charge is 0.466 e. The highest BCUT2D eigenvalue weighted by atomic mass is 16.5. The molecule has 1 saturated heterocycles. The molecule has 0 aliphatic carbocycles. The Morgan fingerprint density at radius 1 is 0.640 bits per heavy atom. The first-order valence-electron chi connectivity index (χ1n) is 22.0. The summed E-state index contributed by atoms with van der Waals surface area (Å²) in [5.41, 5.74) is -0.390. The lowest BCUT2D eigenvalue weighted by Gasteiger charge is -2.41. The van der Waals surface area contributed by atoms with Gasteiger partial charge in [0, 0.05) is 6.61 Å². The van der Waals surface area contributed by atoms with Crippen LogP contribution in [0.1, 0.15) is 222 Å². The number of esters is 2. The molecular weight excluding hydrogens is 622 g/mol. The van der Waals surface area contributed by atoms with Gasteiger partial charge in [-0.2, -0.15) is 0 Å². The number of nitrogens with zero attached hydrogens (tertiary/aromatic N) is 1. The van der Waals surface area contributed by atoms with E-state index in [1.54, 1.807) is 0 Å². The number of aliphatic hydroxyl groups excluding tert-OH is 1. The Hall–Kier alpha value is -1.14. The van der Waals surface area contributed by atoms with E-state index in [1.165, 1.54) is 89.9 Å². The van der Waals surface area contributed by atoms with E-state index in [-0.39, 0.29) is 24.6 Å². The summed E-state index contributed by atoms with van der Waals surface area (Å²) in [6.45, 7) is 20.6. The van der Waals surface area contributed by atoms with Crippen LogP contribution in [0.5, 0.6) is 0 Å². The number of hydrogen-bond acceptors (Lipinski definition) is 6. The van der Waals surface area contributed by atoms with Gasteiger partial charge in [-0.15, -0.1) is 0 Å². The average molecular weight is 712 g/mol. The Morgan fingerprint density at radius 3 is 1.64 bits per heavy atom. The minimum atomic E-state index is -0.390. The lowest BCUT2D eigenvalue weighted by Crippen LogP contribution is -2.43. The van der Waals surface area contributed by atoms with Crippen LogP contribution in [0.15, 0.2) is 0 Å². The van der Waals surface area contributed by atoms with Crippen LogP contribution >= 0.6 is 0 Å². The summed E-state index contributed by atoms with van der Waals surface area (Å²) in [6.07, 6.45) is 27.7. The Morgan fingerprint density at radius 2 is 1.12 bits per heavy atom. The maximum atomic E-state index is 13.6. The number of aliphatic hydroxyl groups is 1. The normalized spacial score (nSPS) is 15.2. The summed E-state index contributed by atoms with van der Waals surface area (Å²) in [5.74, 6) is 0.337. The van der Waals surface area contributed by atoms with Crippen molar-refractivity contribution in [2.45, 2.75) is 228 Å². The monoisotopic (exact) mass is 712 g/mol. The highest BCUT2D eigenvalue weighted by Crippen LogP contribution is 2.40. The third kappa shape index (κ3) is 29.4. The van der Waals surface area contributed by atoms with Gasteiger partial charge in [0.05, 0.1) is 19.4 Å². The number of carbonyl (C=O) groups excluding carboxylic acids is 2. The Bertz CT molecular complexity index is 721. The molecule has 1 N–H and O–H groups in total. The van der Waals surface area contributed by atoms with Crippen LogP contribution in [0.25, 0.3) is 0 Å². The lowest BCUT2D eigenvalue weighted by atomic mass is 9.73. The van der Waals surface area contributed by atoms with Crippen LogP contribution in [0, 0.1) is 11.3 Å². The molecule has 6 nitrogen and oxygen atoms in total. The first-order valence-corrected chi connectivity index (χ1v) is 22.0. The standard InChI is InChI=1S/C39H75NO5.C3H8.C2H6/c1-5-9-12-14-16-19-24-36(23-18-15-13-10-6-2)45-38(43)34-39(26-29-40(30-27-39)28-20-21-31-41)33-37(42)44-32-25-35(8-4)22-17-11-7-3;1-3-2;1-2/h35-36,41H,5-34H2,1-4H3;3H2,1-2H3;1-2H3. The number of carbonyl (C=O) groups is 2. The predicted octanol–water partition coefficient (Wildman–Crippen LogP) is 12.6. The summed E-state index contributed by atoms with van der Waals surface area (Å²) in [7, 11) is 0. The van der Waals surface area contributed by atoms with E-state index in [0.717, 1.165) is 83.8 Å². The number of likely N-dealkylation sites (tertiary alicyclic amines) is 1. The molecule has 0 bridgehead atoms. The van der Waals surface area contributed by atoms with Crippen LogP contribution in [0.4, 0.5) is 0 Å². The zero-order chi connectivity index (χ0) is 37.7. The van der Waals surface area contributed by atoms with Crippen molar-refractivity contribution in [2.75, 3.05) is 32.8 Å². The highest BCUT2D eigenvalue weighted by molar-refractivity contribution is 5.74. The number of unbranched alkanes of at least 4 members (excludes halogenated alkanes) is 12. The first kappa shape index (κ1) is 51.0. The van der Waals surface area contributed by atoms with E-state index >= 15 is 0 Å². The fourth-order valence-corrected chi connectivity index (χ4v) is 6.97. The molecule has 1 fully saturated rings. The molecule has 0 spiro atoms. The molecular formula is C44H89NO5. The van der Waals surface area contributed by atoms with Gasteiger partial charge in [0.1, 0.15) is 6.10 Å². The van der Waals surface area contributed by atoms with Crippen molar-refractivity contribution in [2.24, 2.45) is 11.3 Å². The molecule has 0 aromatic heterocycles. The van der Waals surface area contributed by atoms with Crippen molar-refractivity contribution >= 4 is 11.9 Å². The fraction of sp³-hybridized carbons (Fsp3) is 0.955. The average Bonchev–Trinajstić information content (AvgIpc) is 3.11. The van der Waals surface area contributed by atoms with Gasteiger partial charge in [-0.3, -0.25) is 9.59 Å². The molecule has 2 atom stereocenters. The number of ether oxygens (including phenoxy) is 2. The van der Waals surface area contributed by atoms with Crippen molar-refractivity contribution < 1.29 is 24.2 Å². The number of hydrogen-bond donors (Lipinski definition) is 1. The highest BCUT2D eigenvalue weighted by Gasteiger charge is 2.40. The van der Waals surface area contributed by atoms with Gasteiger partial charge in [-0.05, 0) is 88.8 Å². The molecule has 0 aromatic carbocycles. The second kappa shape index (κ2) is 37.6. The molecule has 300 valence electrons. The molecule has 6 heteroatoms. The smallest absolute Gasteiger partial charge is 0.306 e. The van der Waals surface area contributed by atoms with Crippen LogP contribution in [-0.4, -0.2) is 60.9 Å². The minimum Gasteiger partial charge on any atom is -0.466 e. The second-order valence-corrected chi connectivity index (χ2v) is 15.0. The molecule has 2 unspecified atom stereocenters. The summed E-state index contributed by atoms with van der Waals surface area (Å²) < 4.78 is 12.1. The molecule has 1 aliphatic rings. The van der Waals surface area contributed by atoms with Gasteiger partial charge in [-0.25, -0.2) is 0 Å². The van der Waals surface area contributed by atoms with Gasteiger partial charge in [-0.1, -0.05) is 152 Å². The van der Waals surface area contributed by atoms with E-state index < -0.39 is 5.41 Å². The number of rotatable bonds is 30. The first-order chi connectivity index (χ1) is 24.3. The summed E-state index contributed by atoms with van der Waals surface area (Å²) in [4.78, 5) is 29.2. The Balaban J connectivity index is 0. The van der Waals surface area contributed by atoms with Crippen LogP contribution in [0.2, 0.25) is 0 Å². The number of piperidine rings is 1.